The molecule has 0 bridgehead atoms. The van der Waals surface area contributed by atoms with Crippen molar-refractivity contribution < 1.29 is 9.47 Å². The van der Waals surface area contributed by atoms with E-state index in [1.54, 1.807) is 0 Å². The lowest BCUT2D eigenvalue weighted by Gasteiger charge is -2.46. The molecule has 0 aromatic heterocycles. The highest BCUT2D eigenvalue weighted by Gasteiger charge is 2.43. The van der Waals surface area contributed by atoms with Crippen molar-refractivity contribution in [1.29, 1.82) is 0 Å². The molecule has 1 aliphatic carbocycles. The largest absolute Gasteiger partial charge is 0.350 e. The minimum atomic E-state index is -0.191. The van der Waals surface area contributed by atoms with E-state index in [2.05, 4.69) is 6.92 Å². The van der Waals surface area contributed by atoms with Crippen LogP contribution in [-0.4, -0.2) is 19.0 Å². The van der Waals surface area contributed by atoms with Crippen LogP contribution in [0.3, 0.4) is 0 Å². The summed E-state index contributed by atoms with van der Waals surface area (Å²) in [5, 5.41) is 0. The van der Waals surface area contributed by atoms with Crippen molar-refractivity contribution >= 4 is 0 Å². The summed E-state index contributed by atoms with van der Waals surface area (Å²) in [6.45, 7) is 9.62. The lowest BCUT2D eigenvalue weighted by molar-refractivity contribution is -0.319. The van der Waals surface area contributed by atoms with Gasteiger partial charge in [0.1, 0.15) is 0 Å². The normalized spacial score (nSPS) is 30.0. The molecule has 2 rings (SSSR count). The molecule has 2 aliphatic rings. The molecule has 0 N–H and O–H groups in total. The van der Waals surface area contributed by atoms with Crippen LogP contribution in [0.1, 0.15) is 32.6 Å². The van der Waals surface area contributed by atoms with Gasteiger partial charge in [0.05, 0.1) is 13.2 Å². The molecule has 74 valence electrons. The van der Waals surface area contributed by atoms with Gasteiger partial charge < -0.3 is 9.47 Å². The average molecular weight is 182 g/mol. The van der Waals surface area contributed by atoms with Gasteiger partial charge in [0, 0.05) is 18.8 Å². The van der Waals surface area contributed by atoms with Gasteiger partial charge in [-0.15, -0.1) is 0 Å². The molecule has 2 fully saturated rings. The summed E-state index contributed by atoms with van der Waals surface area (Å²) in [6, 6.07) is 0. The summed E-state index contributed by atoms with van der Waals surface area (Å²) in [4.78, 5) is 0. The molecule has 0 aromatic carbocycles. The topological polar surface area (TPSA) is 18.5 Å². The number of ether oxygens (including phenoxy) is 2. The highest BCUT2D eigenvalue weighted by Crippen LogP contribution is 2.40. The van der Waals surface area contributed by atoms with E-state index in [-0.39, 0.29) is 11.7 Å². The van der Waals surface area contributed by atoms with Gasteiger partial charge >= 0.3 is 0 Å². The molecule has 1 heterocycles. The van der Waals surface area contributed by atoms with Gasteiger partial charge in [-0.05, 0) is 19.3 Å². The third-order valence-electron chi connectivity index (χ3n) is 3.31. The average Bonchev–Trinajstić information content (AvgIpc) is 2.14. The van der Waals surface area contributed by atoms with Gasteiger partial charge in [-0.3, -0.25) is 0 Å². The van der Waals surface area contributed by atoms with E-state index in [9.17, 15) is 0 Å². The van der Waals surface area contributed by atoms with E-state index in [4.69, 9.17) is 16.4 Å². The number of rotatable bonds is 2. The Hall–Kier alpha value is -0.0800. The van der Waals surface area contributed by atoms with E-state index < -0.39 is 0 Å². The highest BCUT2D eigenvalue weighted by atomic mass is 16.7. The van der Waals surface area contributed by atoms with Crippen molar-refractivity contribution in [3.8, 4) is 0 Å². The van der Waals surface area contributed by atoms with Crippen LogP contribution < -0.4 is 0 Å². The fourth-order valence-electron chi connectivity index (χ4n) is 1.94. The molecule has 1 saturated heterocycles. The van der Waals surface area contributed by atoms with Crippen molar-refractivity contribution in [1.82, 2.24) is 0 Å². The Labute approximate surface area is 80.6 Å². The first-order valence-corrected chi connectivity index (χ1v) is 5.29. The molecule has 2 nitrogen and oxygen atoms in total. The lowest BCUT2D eigenvalue weighted by atomic mass is 9.87. The molecule has 0 amide bonds. The third kappa shape index (κ3) is 1.75. The molecule has 2 radical (unpaired) electrons. The Morgan fingerprint density at radius 3 is 2.38 bits per heavy atom. The molecule has 1 aliphatic heterocycles. The summed E-state index contributed by atoms with van der Waals surface area (Å²) >= 11 is 0. The molecule has 2 heteroatoms. The Kier molecular flexibility index (Phi) is 2.61. The molecule has 1 spiro atoms. The van der Waals surface area contributed by atoms with Gasteiger partial charge in [-0.1, -0.05) is 13.3 Å². The Bertz CT molecular complexity index is 165. The predicted octanol–water partition coefficient (Wildman–Crippen LogP) is 2.27. The zero-order chi connectivity index (χ0) is 9.31. The van der Waals surface area contributed by atoms with Gasteiger partial charge in [-0.25, -0.2) is 0 Å². The molecule has 1 unspecified atom stereocenters. The van der Waals surface area contributed by atoms with E-state index in [0.717, 1.165) is 32.5 Å². The van der Waals surface area contributed by atoms with Crippen molar-refractivity contribution in [3.05, 3.63) is 6.92 Å². The summed E-state index contributed by atoms with van der Waals surface area (Å²) in [5.41, 5.74) is 0. The Morgan fingerprint density at radius 1 is 1.38 bits per heavy atom. The monoisotopic (exact) mass is 182 g/mol. The van der Waals surface area contributed by atoms with Crippen LogP contribution in [0.4, 0.5) is 0 Å². The minimum absolute atomic E-state index is 0.191. The van der Waals surface area contributed by atoms with Crippen LogP contribution in [0, 0.1) is 18.8 Å². The first-order chi connectivity index (χ1) is 6.26. The smallest absolute Gasteiger partial charge is 0.168 e. The van der Waals surface area contributed by atoms with Crippen LogP contribution in [0.2, 0.25) is 0 Å². The maximum Gasteiger partial charge on any atom is 0.168 e. The number of hydrogen-bond donors (Lipinski definition) is 0. The van der Waals surface area contributed by atoms with Crippen molar-refractivity contribution in [2.45, 2.75) is 38.4 Å². The van der Waals surface area contributed by atoms with Gasteiger partial charge in [-0.2, -0.15) is 0 Å². The van der Waals surface area contributed by atoms with E-state index in [1.807, 2.05) is 0 Å². The molecular weight excluding hydrogens is 164 g/mol. The first kappa shape index (κ1) is 9.47. The van der Waals surface area contributed by atoms with E-state index >= 15 is 0 Å². The van der Waals surface area contributed by atoms with Crippen LogP contribution in [0.25, 0.3) is 0 Å². The lowest BCUT2D eigenvalue weighted by Crippen LogP contribution is -2.50. The Balaban J connectivity index is 1.82. The van der Waals surface area contributed by atoms with Gasteiger partial charge in [0.15, 0.2) is 5.79 Å². The van der Waals surface area contributed by atoms with Crippen LogP contribution in [-0.2, 0) is 9.47 Å². The maximum absolute atomic E-state index is 5.94. The summed E-state index contributed by atoms with van der Waals surface area (Å²) in [7, 11) is 0. The molecular formula is C11H18O2. The van der Waals surface area contributed by atoms with Crippen LogP contribution >= 0.6 is 0 Å². The highest BCUT2D eigenvalue weighted by molar-refractivity contribution is 4.85. The van der Waals surface area contributed by atoms with E-state index in [0.29, 0.717) is 5.92 Å². The second kappa shape index (κ2) is 3.58. The SMILES string of the molecule is [CH]C(CC)C1COC2(CCC2)OC1. The minimum Gasteiger partial charge on any atom is -0.350 e. The summed E-state index contributed by atoms with van der Waals surface area (Å²) < 4.78 is 11.5. The predicted molar refractivity (Wildman–Crippen MR) is 50.1 cm³/mol. The summed E-state index contributed by atoms with van der Waals surface area (Å²) in [6.07, 6.45) is 4.39. The number of hydrogen-bond acceptors (Lipinski definition) is 2. The molecule has 13 heavy (non-hydrogen) atoms. The van der Waals surface area contributed by atoms with Gasteiger partial charge in [0.25, 0.3) is 0 Å². The third-order valence-corrected chi connectivity index (χ3v) is 3.31. The van der Waals surface area contributed by atoms with Crippen molar-refractivity contribution in [3.63, 3.8) is 0 Å². The maximum atomic E-state index is 5.94. The second-order valence-electron chi connectivity index (χ2n) is 4.22. The molecule has 1 saturated carbocycles. The second-order valence-corrected chi connectivity index (χ2v) is 4.22. The fraction of sp³-hybridized carbons (Fsp3) is 0.909. The van der Waals surface area contributed by atoms with Crippen LogP contribution in [0.15, 0.2) is 0 Å². The zero-order valence-corrected chi connectivity index (χ0v) is 8.29. The summed E-state index contributed by atoms with van der Waals surface area (Å²) in [5.74, 6) is 0.442. The van der Waals surface area contributed by atoms with E-state index in [1.165, 1.54) is 6.42 Å². The molecule has 0 aromatic rings. The fourth-order valence-corrected chi connectivity index (χ4v) is 1.94. The van der Waals surface area contributed by atoms with Crippen molar-refractivity contribution in [2.24, 2.45) is 11.8 Å². The molecule has 1 atom stereocenters. The van der Waals surface area contributed by atoms with Crippen LogP contribution in [0.5, 0.6) is 0 Å². The quantitative estimate of drug-likeness (QED) is 0.652. The first-order valence-electron chi connectivity index (χ1n) is 5.29. The van der Waals surface area contributed by atoms with Crippen molar-refractivity contribution in [2.75, 3.05) is 13.2 Å². The zero-order valence-electron chi connectivity index (χ0n) is 8.29. The Morgan fingerprint density at radius 2 is 2.00 bits per heavy atom. The standard InChI is InChI=1S/C11H18O2/c1-3-9(2)10-7-12-11(13-8-10)5-4-6-11/h2,9-10H,3-8H2,1H3. The van der Waals surface area contributed by atoms with Gasteiger partial charge in [0.2, 0.25) is 0 Å².